The second-order valence-electron chi connectivity index (χ2n) is 23.4. The van der Waals surface area contributed by atoms with Crippen LogP contribution in [0.2, 0.25) is 0 Å². The van der Waals surface area contributed by atoms with Crippen molar-refractivity contribution in [2.45, 2.75) is 361 Å². The van der Waals surface area contributed by atoms with E-state index in [1.54, 1.807) is 0 Å². The monoisotopic (exact) mass is 1130 g/mol. The van der Waals surface area contributed by atoms with E-state index < -0.39 is 6.10 Å². The number of carbonyl (C=O) groups excluding carboxylic acids is 3. The topological polar surface area (TPSA) is 78.9 Å². The number of esters is 3. The highest BCUT2D eigenvalue weighted by atomic mass is 16.6. The third-order valence-corrected chi connectivity index (χ3v) is 15.3. The second kappa shape index (κ2) is 69.1. The molecule has 0 N–H and O–H groups in total. The van der Waals surface area contributed by atoms with Crippen LogP contribution in [0.25, 0.3) is 0 Å². The molecule has 0 heterocycles. The van der Waals surface area contributed by atoms with Gasteiger partial charge in [0.2, 0.25) is 0 Å². The lowest BCUT2D eigenvalue weighted by atomic mass is 10.0. The van der Waals surface area contributed by atoms with Crippen molar-refractivity contribution in [3.8, 4) is 0 Å². The fraction of sp³-hybridized carbons (Fsp3) is 0.773. The summed E-state index contributed by atoms with van der Waals surface area (Å²) in [5, 5.41) is 0. The van der Waals surface area contributed by atoms with Crippen LogP contribution in [0.4, 0.5) is 0 Å². The molecule has 0 aliphatic heterocycles. The van der Waals surface area contributed by atoms with Crippen LogP contribution in [0.15, 0.2) is 85.1 Å². The number of carbonyl (C=O) groups is 3. The quantitative estimate of drug-likeness (QED) is 0.0261. The summed E-state index contributed by atoms with van der Waals surface area (Å²) in [7, 11) is 0. The molecule has 0 spiro atoms. The van der Waals surface area contributed by atoms with Crippen molar-refractivity contribution in [1.82, 2.24) is 0 Å². The Morgan fingerprint density at radius 1 is 0.247 bits per heavy atom. The van der Waals surface area contributed by atoms with Gasteiger partial charge in [-0.2, -0.15) is 0 Å². The molecule has 0 aliphatic rings. The van der Waals surface area contributed by atoms with Gasteiger partial charge in [-0.1, -0.05) is 298 Å². The molecule has 0 bridgehead atoms. The predicted molar refractivity (Wildman–Crippen MR) is 353 cm³/mol. The average molecular weight is 1130 g/mol. The Morgan fingerprint density at radius 2 is 0.444 bits per heavy atom. The van der Waals surface area contributed by atoms with E-state index >= 15 is 0 Å². The molecule has 1 unspecified atom stereocenters. The third-order valence-electron chi connectivity index (χ3n) is 15.3. The Bertz CT molecular complexity index is 1530. The summed E-state index contributed by atoms with van der Waals surface area (Å²) < 4.78 is 17.0. The van der Waals surface area contributed by atoms with E-state index in [0.717, 1.165) is 89.9 Å². The first-order valence-corrected chi connectivity index (χ1v) is 35.1. The highest BCUT2D eigenvalue weighted by Gasteiger charge is 2.19. The van der Waals surface area contributed by atoms with Crippen LogP contribution in [0.1, 0.15) is 355 Å². The third kappa shape index (κ3) is 67.3. The van der Waals surface area contributed by atoms with Crippen LogP contribution < -0.4 is 0 Å². The molecule has 6 nitrogen and oxygen atoms in total. The van der Waals surface area contributed by atoms with Crippen LogP contribution in [-0.2, 0) is 28.6 Å². The van der Waals surface area contributed by atoms with Gasteiger partial charge in [0.25, 0.3) is 0 Å². The van der Waals surface area contributed by atoms with Gasteiger partial charge in [-0.05, 0) is 122 Å². The largest absolute Gasteiger partial charge is 0.462 e. The summed E-state index contributed by atoms with van der Waals surface area (Å²) in [6.45, 7) is 6.63. The van der Waals surface area contributed by atoms with E-state index in [0.29, 0.717) is 19.3 Å². The first-order valence-electron chi connectivity index (χ1n) is 35.1. The fourth-order valence-corrected chi connectivity index (χ4v) is 10.0. The number of unbranched alkanes of at least 4 members (excludes halogenated alkanes) is 39. The highest BCUT2D eigenvalue weighted by molar-refractivity contribution is 5.71. The highest BCUT2D eigenvalue weighted by Crippen LogP contribution is 2.17. The molecule has 1 atom stereocenters. The molecule has 0 aromatic heterocycles. The number of ether oxygens (including phenoxy) is 3. The molecule has 0 aliphatic carbocycles. The Kier molecular flexibility index (Phi) is 66.2. The summed E-state index contributed by atoms with van der Waals surface area (Å²) in [5.41, 5.74) is 0. The van der Waals surface area contributed by atoms with Gasteiger partial charge in [0, 0.05) is 19.3 Å². The molecule has 0 aromatic rings. The molecule has 0 saturated heterocycles. The predicted octanol–water partition coefficient (Wildman–Crippen LogP) is 24.2. The zero-order chi connectivity index (χ0) is 58.5. The molecular formula is C75H132O6. The Balaban J connectivity index is 4.31. The van der Waals surface area contributed by atoms with E-state index in [1.165, 1.54) is 225 Å². The van der Waals surface area contributed by atoms with E-state index in [4.69, 9.17) is 14.2 Å². The Hall–Kier alpha value is -3.41. The van der Waals surface area contributed by atoms with E-state index in [9.17, 15) is 14.4 Å². The Labute approximate surface area is 503 Å². The van der Waals surface area contributed by atoms with Crippen molar-refractivity contribution >= 4 is 17.9 Å². The van der Waals surface area contributed by atoms with Gasteiger partial charge < -0.3 is 14.2 Å². The normalized spacial score (nSPS) is 12.6. The first-order chi connectivity index (χ1) is 40.0. The van der Waals surface area contributed by atoms with Crippen molar-refractivity contribution in [2.24, 2.45) is 0 Å². The fourth-order valence-electron chi connectivity index (χ4n) is 10.0. The smallest absolute Gasteiger partial charge is 0.306 e. The van der Waals surface area contributed by atoms with Gasteiger partial charge in [-0.15, -0.1) is 0 Å². The van der Waals surface area contributed by atoms with Crippen LogP contribution in [-0.4, -0.2) is 37.2 Å². The molecular weight excluding hydrogens is 997 g/mol. The lowest BCUT2D eigenvalue weighted by Crippen LogP contribution is -2.30. The molecule has 0 radical (unpaired) electrons. The molecule has 0 saturated carbocycles. The van der Waals surface area contributed by atoms with Gasteiger partial charge in [0.1, 0.15) is 13.2 Å². The molecule has 0 amide bonds. The Morgan fingerprint density at radius 3 is 0.716 bits per heavy atom. The summed E-state index contributed by atoms with van der Waals surface area (Å²) in [4.78, 5) is 38.4. The van der Waals surface area contributed by atoms with Crippen LogP contribution >= 0.6 is 0 Å². The molecule has 0 rings (SSSR count). The molecule has 81 heavy (non-hydrogen) atoms. The molecule has 6 heteroatoms. The van der Waals surface area contributed by atoms with Gasteiger partial charge in [0.05, 0.1) is 0 Å². The van der Waals surface area contributed by atoms with E-state index in [1.807, 2.05) is 0 Å². The number of hydrogen-bond acceptors (Lipinski definition) is 6. The van der Waals surface area contributed by atoms with Crippen molar-refractivity contribution in [3.63, 3.8) is 0 Å². The second-order valence-corrected chi connectivity index (χ2v) is 23.4. The minimum Gasteiger partial charge on any atom is -0.462 e. The van der Waals surface area contributed by atoms with Crippen LogP contribution in [0.5, 0.6) is 0 Å². The van der Waals surface area contributed by atoms with E-state index in [2.05, 4.69) is 106 Å². The number of allylic oxidation sites excluding steroid dienone is 14. The summed E-state index contributed by atoms with van der Waals surface area (Å²) in [6, 6.07) is 0. The van der Waals surface area contributed by atoms with Crippen molar-refractivity contribution in [2.75, 3.05) is 13.2 Å². The average Bonchev–Trinajstić information content (AvgIpc) is 3.46. The van der Waals surface area contributed by atoms with Crippen LogP contribution in [0, 0.1) is 0 Å². The SMILES string of the molecule is CCCCCC/C=C\CCCCCCCC(=O)OCC(COC(=O)CCCCCCCCCCCC/C=C\C/C=C\C/C=C\CCCCCCC)OC(=O)CCCCCCCCCCCC/C=C\C/C=C\C/C=C\CCCCCCC. The lowest BCUT2D eigenvalue weighted by molar-refractivity contribution is -0.167. The number of rotatable bonds is 64. The maximum Gasteiger partial charge on any atom is 0.306 e. The van der Waals surface area contributed by atoms with Crippen LogP contribution in [0.3, 0.4) is 0 Å². The summed E-state index contributed by atoms with van der Waals surface area (Å²) >= 11 is 0. The van der Waals surface area contributed by atoms with Gasteiger partial charge in [-0.25, -0.2) is 0 Å². The van der Waals surface area contributed by atoms with Gasteiger partial charge in [-0.3, -0.25) is 14.4 Å². The standard InChI is InChI=1S/C75H132O6/c1-4-7-10-13-16-19-22-25-27-29-31-33-35-37-39-41-43-45-47-50-53-56-59-62-65-68-74(77)80-71-72(70-79-73(76)67-64-61-58-55-52-49-24-21-18-15-12-9-6-3)81-75(78)69-66-63-60-57-54-51-48-46-44-42-40-38-36-34-32-30-28-26-23-20-17-14-11-8-5-2/h21-26,29-32,35-38,72H,4-20,27-28,33-34,39-71H2,1-3H3/b24-21-,25-22-,26-23-,31-29-,32-30-,37-35-,38-36-. The molecule has 468 valence electrons. The van der Waals surface area contributed by atoms with E-state index in [-0.39, 0.29) is 31.1 Å². The summed E-state index contributed by atoms with van der Waals surface area (Å²) in [6.07, 6.45) is 91.7. The zero-order valence-corrected chi connectivity index (χ0v) is 53.8. The van der Waals surface area contributed by atoms with Crippen molar-refractivity contribution < 1.29 is 28.6 Å². The lowest BCUT2D eigenvalue weighted by Gasteiger charge is -2.18. The van der Waals surface area contributed by atoms with Crippen molar-refractivity contribution in [3.05, 3.63) is 85.1 Å². The molecule has 0 fully saturated rings. The number of hydrogen-bond donors (Lipinski definition) is 0. The zero-order valence-electron chi connectivity index (χ0n) is 53.8. The maximum atomic E-state index is 13.0. The maximum absolute atomic E-state index is 13.0. The summed E-state index contributed by atoms with van der Waals surface area (Å²) in [5.74, 6) is -0.882. The minimum absolute atomic E-state index is 0.0813. The van der Waals surface area contributed by atoms with Crippen molar-refractivity contribution in [1.29, 1.82) is 0 Å². The molecule has 0 aromatic carbocycles. The minimum atomic E-state index is -0.786. The van der Waals surface area contributed by atoms with Gasteiger partial charge >= 0.3 is 17.9 Å². The van der Waals surface area contributed by atoms with Gasteiger partial charge in [0.15, 0.2) is 6.10 Å². The first kappa shape index (κ1) is 77.6.